The maximum absolute atomic E-state index is 9.35. The second-order valence-electron chi connectivity index (χ2n) is 6.61. The van der Waals surface area contributed by atoms with Gasteiger partial charge in [0.25, 0.3) is 0 Å². The smallest absolute Gasteiger partial charge is 0.0611 e. The summed E-state index contributed by atoms with van der Waals surface area (Å²) in [4.78, 5) is 5.29. The first kappa shape index (κ1) is 15.2. The van der Waals surface area contributed by atoms with Gasteiger partial charge in [0.2, 0.25) is 0 Å². The molecule has 0 aromatic rings. The van der Waals surface area contributed by atoms with Gasteiger partial charge in [0, 0.05) is 30.7 Å². The Kier molecular flexibility index (Phi) is 5.23. The van der Waals surface area contributed by atoms with E-state index in [-0.39, 0.29) is 12.1 Å². The molecule has 2 aliphatic rings. The molecule has 4 heteroatoms. The lowest BCUT2D eigenvalue weighted by atomic mass is 9.92. The molecule has 3 N–H and O–H groups in total. The van der Waals surface area contributed by atoms with E-state index in [2.05, 4.69) is 23.6 Å². The fourth-order valence-corrected chi connectivity index (χ4v) is 3.56. The summed E-state index contributed by atoms with van der Waals surface area (Å²) >= 11 is 0. The van der Waals surface area contributed by atoms with Gasteiger partial charge in [-0.15, -0.1) is 0 Å². The van der Waals surface area contributed by atoms with Crippen LogP contribution >= 0.6 is 0 Å². The predicted octanol–water partition coefficient (Wildman–Crippen LogP) is 1.03. The maximum Gasteiger partial charge on any atom is 0.0611 e. The Balaban J connectivity index is 1.76. The van der Waals surface area contributed by atoms with Crippen molar-refractivity contribution in [3.63, 3.8) is 0 Å². The molecule has 2 aliphatic heterocycles. The Hall–Kier alpha value is -0.160. The summed E-state index contributed by atoms with van der Waals surface area (Å²) in [5.41, 5.74) is 5.79. The van der Waals surface area contributed by atoms with Crippen LogP contribution in [-0.4, -0.2) is 65.3 Å². The van der Waals surface area contributed by atoms with Crippen molar-refractivity contribution in [3.8, 4) is 0 Å². The van der Waals surface area contributed by atoms with Crippen LogP contribution in [-0.2, 0) is 0 Å². The summed E-state index contributed by atoms with van der Waals surface area (Å²) in [6.45, 7) is 9.40. The molecule has 0 bridgehead atoms. The Labute approximate surface area is 117 Å². The van der Waals surface area contributed by atoms with Gasteiger partial charge in [-0.2, -0.15) is 0 Å². The molecule has 3 unspecified atom stereocenters. The number of hydrogen-bond acceptors (Lipinski definition) is 4. The molecule has 112 valence electrons. The van der Waals surface area contributed by atoms with Crippen molar-refractivity contribution < 1.29 is 5.11 Å². The predicted molar refractivity (Wildman–Crippen MR) is 79.2 cm³/mol. The zero-order chi connectivity index (χ0) is 13.9. The van der Waals surface area contributed by atoms with E-state index in [1.807, 2.05) is 0 Å². The summed E-state index contributed by atoms with van der Waals surface area (Å²) in [5.74, 6) is 0. The average Bonchev–Trinajstić information content (AvgIpc) is 2.85. The normalized spacial score (nSPS) is 32.2. The molecule has 19 heavy (non-hydrogen) atoms. The minimum Gasteiger partial charge on any atom is -0.394 e. The molecule has 3 atom stereocenters. The Morgan fingerprint density at radius 3 is 2.84 bits per heavy atom. The second kappa shape index (κ2) is 6.53. The summed E-state index contributed by atoms with van der Waals surface area (Å²) in [6.07, 6.45) is 5.63. The van der Waals surface area contributed by atoms with Gasteiger partial charge in [-0.3, -0.25) is 9.80 Å². The molecule has 0 spiro atoms. The van der Waals surface area contributed by atoms with Gasteiger partial charge in [0.15, 0.2) is 0 Å². The van der Waals surface area contributed by atoms with E-state index in [1.54, 1.807) is 0 Å². The van der Waals surface area contributed by atoms with Gasteiger partial charge in [-0.25, -0.2) is 0 Å². The van der Waals surface area contributed by atoms with Crippen molar-refractivity contribution in [2.45, 2.75) is 63.6 Å². The van der Waals surface area contributed by atoms with E-state index in [9.17, 15) is 5.11 Å². The quantitative estimate of drug-likeness (QED) is 0.756. The van der Waals surface area contributed by atoms with E-state index < -0.39 is 0 Å². The average molecular weight is 269 g/mol. The molecule has 0 saturated carbocycles. The molecule has 0 aliphatic carbocycles. The molecule has 2 saturated heterocycles. The van der Waals surface area contributed by atoms with Crippen molar-refractivity contribution in [2.24, 2.45) is 5.73 Å². The highest BCUT2D eigenvalue weighted by molar-refractivity contribution is 4.91. The highest BCUT2D eigenvalue weighted by Gasteiger charge is 2.34. The largest absolute Gasteiger partial charge is 0.394 e. The number of nitrogens with zero attached hydrogens (tertiary/aromatic N) is 2. The lowest BCUT2D eigenvalue weighted by molar-refractivity contribution is 0.0557. The van der Waals surface area contributed by atoms with Crippen LogP contribution in [0.25, 0.3) is 0 Å². The lowest BCUT2D eigenvalue weighted by Gasteiger charge is -2.42. The molecule has 2 heterocycles. The standard InChI is InChI=1S/C15H31N3O/c1-3-15(16,12-19)7-5-9-17-11-14-6-4-8-18(14)10-13(17)2/h13-14,19H,3-12,16H2,1-2H3. The third-order valence-corrected chi connectivity index (χ3v) is 5.21. The fourth-order valence-electron chi connectivity index (χ4n) is 3.56. The highest BCUT2D eigenvalue weighted by Crippen LogP contribution is 2.25. The van der Waals surface area contributed by atoms with E-state index in [4.69, 9.17) is 5.73 Å². The number of rotatable bonds is 6. The summed E-state index contributed by atoms with van der Waals surface area (Å²) in [7, 11) is 0. The maximum atomic E-state index is 9.35. The number of aliphatic hydroxyl groups excluding tert-OH is 1. The Morgan fingerprint density at radius 1 is 1.37 bits per heavy atom. The number of hydrogen-bond donors (Lipinski definition) is 2. The van der Waals surface area contributed by atoms with Gasteiger partial charge in [-0.1, -0.05) is 6.92 Å². The van der Waals surface area contributed by atoms with Crippen LogP contribution in [0.15, 0.2) is 0 Å². The van der Waals surface area contributed by atoms with Crippen molar-refractivity contribution in [3.05, 3.63) is 0 Å². The van der Waals surface area contributed by atoms with Crippen molar-refractivity contribution in [1.29, 1.82) is 0 Å². The molecular formula is C15H31N3O. The minimum absolute atomic E-state index is 0.107. The number of piperazine rings is 1. The first-order valence-corrected chi connectivity index (χ1v) is 7.96. The lowest BCUT2D eigenvalue weighted by Crippen LogP contribution is -2.55. The van der Waals surface area contributed by atoms with Gasteiger partial charge < -0.3 is 10.8 Å². The number of aliphatic hydroxyl groups is 1. The molecule has 4 nitrogen and oxygen atoms in total. The SMILES string of the molecule is CCC(N)(CO)CCCN1CC2CCCN2CC1C. The second-order valence-corrected chi connectivity index (χ2v) is 6.61. The molecule has 0 radical (unpaired) electrons. The van der Waals surface area contributed by atoms with Gasteiger partial charge >= 0.3 is 0 Å². The summed E-state index contributed by atoms with van der Waals surface area (Å²) in [5, 5.41) is 9.35. The molecule has 0 amide bonds. The fraction of sp³-hybridized carbons (Fsp3) is 1.00. The van der Waals surface area contributed by atoms with Crippen LogP contribution in [0.4, 0.5) is 0 Å². The van der Waals surface area contributed by atoms with Crippen molar-refractivity contribution in [2.75, 3.05) is 32.8 Å². The van der Waals surface area contributed by atoms with Crippen LogP contribution in [0.3, 0.4) is 0 Å². The topological polar surface area (TPSA) is 52.7 Å². The van der Waals surface area contributed by atoms with Gasteiger partial charge in [0.05, 0.1) is 6.61 Å². The zero-order valence-electron chi connectivity index (χ0n) is 12.6. The minimum atomic E-state index is -0.363. The molecule has 0 aromatic carbocycles. The van der Waals surface area contributed by atoms with Crippen LogP contribution in [0, 0.1) is 0 Å². The van der Waals surface area contributed by atoms with Gasteiger partial charge in [-0.05, 0) is 52.1 Å². The third kappa shape index (κ3) is 3.69. The molecular weight excluding hydrogens is 238 g/mol. The highest BCUT2D eigenvalue weighted by atomic mass is 16.3. The summed E-state index contributed by atoms with van der Waals surface area (Å²) in [6, 6.07) is 1.46. The summed E-state index contributed by atoms with van der Waals surface area (Å²) < 4.78 is 0. The van der Waals surface area contributed by atoms with Crippen LogP contribution < -0.4 is 5.73 Å². The monoisotopic (exact) mass is 269 g/mol. The number of fused-ring (bicyclic) bond motifs is 1. The molecule has 2 fully saturated rings. The van der Waals surface area contributed by atoms with E-state index in [0.29, 0.717) is 6.04 Å². The molecule has 0 aromatic heterocycles. The Morgan fingerprint density at radius 2 is 2.16 bits per heavy atom. The Bertz CT molecular complexity index is 281. The van der Waals surface area contributed by atoms with Crippen LogP contribution in [0.1, 0.15) is 46.0 Å². The van der Waals surface area contributed by atoms with Crippen LogP contribution in [0.2, 0.25) is 0 Å². The van der Waals surface area contributed by atoms with Crippen molar-refractivity contribution >= 4 is 0 Å². The van der Waals surface area contributed by atoms with E-state index in [1.165, 1.54) is 32.5 Å². The van der Waals surface area contributed by atoms with Gasteiger partial charge in [0.1, 0.15) is 0 Å². The molecule has 2 rings (SSSR count). The number of nitrogens with two attached hydrogens (primary N) is 1. The van der Waals surface area contributed by atoms with E-state index >= 15 is 0 Å². The first-order chi connectivity index (χ1) is 9.08. The van der Waals surface area contributed by atoms with E-state index in [0.717, 1.165) is 31.8 Å². The first-order valence-electron chi connectivity index (χ1n) is 7.96. The zero-order valence-corrected chi connectivity index (χ0v) is 12.6. The third-order valence-electron chi connectivity index (χ3n) is 5.21. The van der Waals surface area contributed by atoms with Crippen molar-refractivity contribution in [1.82, 2.24) is 9.80 Å². The van der Waals surface area contributed by atoms with Crippen LogP contribution in [0.5, 0.6) is 0 Å².